The van der Waals surface area contributed by atoms with Gasteiger partial charge in [0.15, 0.2) is 11.5 Å². The molecule has 1 amide bonds. The monoisotopic (exact) mass is 580 g/mol. The Morgan fingerprint density at radius 3 is 2.31 bits per heavy atom. The van der Waals surface area contributed by atoms with Crippen LogP contribution in [0.3, 0.4) is 0 Å². The van der Waals surface area contributed by atoms with Crippen molar-refractivity contribution in [2.24, 2.45) is 5.73 Å². The summed E-state index contributed by atoms with van der Waals surface area (Å²) in [6.45, 7) is 8.62. The van der Waals surface area contributed by atoms with Crippen LogP contribution in [0.25, 0.3) is 0 Å². The van der Waals surface area contributed by atoms with Crippen LogP contribution in [-0.4, -0.2) is 104 Å². The van der Waals surface area contributed by atoms with E-state index in [4.69, 9.17) is 20.2 Å². The molecule has 5 rings (SSSR count). The van der Waals surface area contributed by atoms with Gasteiger partial charge < -0.3 is 35.6 Å². The fourth-order valence-electron chi connectivity index (χ4n) is 6.54. The summed E-state index contributed by atoms with van der Waals surface area (Å²) in [6, 6.07) is 6.98. The first kappa shape index (κ1) is 30.3. The van der Waals surface area contributed by atoms with Crippen molar-refractivity contribution in [2.45, 2.75) is 70.1 Å². The summed E-state index contributed by atoms with van der Waals surface area (Å²) in [5.41, 5.74) is 8.46. The average Bonchev–Trinajstić information content (AvgIpc) is 3.02. The zero-order chi connectivity index (χ0) is 29.6. The van der Waals surface area contributed by atoms with E-state index in [2.05, 4.69) is 43.4 Å². The predicted molar refractivity (Wildman–Crippen MR) is 167 cm³/mol. The first-order valence-corrected chi connectivity index (χ1v) is 15.5. The Hall–Kier alpha value is -3.15. The van der Waals surface area contributed by atoms with E-state index in [0.29, 0.717) is 30.2 Å². The minimum atomic E-state index is -0.612. The minimum Gasteiger partial charge on any atom is -0.495 e. The summed E-state index contributed by atoms with van der Waals surface area (Å²) < 4.78 is 11.4. The number of piperidine rings is 1. The van der Waals surface area contributed by atoms with Crippen molar-refractivity contribution in [2.75, 3.05) is 76.1 Å². The number of hydrogen-bond acceptors (Lipinski definition) is 10. The number of ether oxygens (including phenoxy) is 2. The van der Waals surface area contributed by atoms with Gasteiger partial charge in [-0.2, -0.15) is 0 Å². The first-order valence-electron chi connectivity index (χ1n) is 15.5. The van der Waals surface area contributed by atoms with Crippen LogP contribution in [0.5, 0.6) is 5.75 Å². The van der Waals surface area contributed by atoms with Crippen molar-refractivity contribution < 1.29 is 14.3 Å². The first-order chi connectivity index (χ1) is 20.4. The molecule has 42 heavy (non-hydrogen) atoms. The summed E-state index contributed by atoms with van der Waals surface area (Å²) >= 11 is 0. The highest BCUT2D eigenvalue weighted by molar-refractivity contribution is 5.96. The zero-order valence-electron chi connectivity index (χ0n) is 25.7. The Labute approximate surface area is 250 Å². The number of benzene rings is 1. The summed E-state index contributed by atoms with van der Waals surface area (Å²) in [5, 5.41) is 6.90. The molecule has 1 saturated carbocycles. The van der Waals surface area contributed by atoms with Gasteiger partial charge in [-0.25, -0.2) is 9.97 Å². The molecule has 1 aromatic carbocycles. The summed E-state index contributed by atoms with van der Waals surface area (Å²) in [6.07, 6.45) is 7.26. The molecule has 2 aromatic rings. The number of nitrogens with zero attached hydrogens (tertiary/aromatic N) is 5. The Balaban J connectivity index is 1.30. The van der Waals surface area contributed by atoms with E-state index >= 15 is 0 Å². The molecule has 3 heterocycles. The number of rotatable bonds is 10. The van der Waals surface area contributed by atoms with Crippen LogP contribution in [0.4, 0.5) is 23.0 Å². The van der Waals surface area contributed by atoms with Crippen LogP contribution in [0.1, 0.15) is 61.6 Å². The lowest BCUT2D eigenvalue weighted by molar-refractivity contribution is 0.0681. The molecule has 2 aliphatic heterocycles. The third-order valence-corrected chi connectivity index (χ3v) is 9.19. The number of anilines is 4. The quantitative estimate of drug-likeness (QED) is 0.385. The highest BCUT2D eigenvalue weighted by atomic mass is 16.5. The van der Waals surface area contributed by atoms with E-state index in [9.17, 15) is 4.79 Å². The number of nitrogens with one attached hydrogen (secondary N) is 2. The smallest absolute Gasteiger partial charge is 0.271 e. The van der Waals surface area contributed by atoms with E-state index in [1.165, 1.54) is 0 Å². The lowest BCUT2D eigenvalue weighted by Gasteiger charge is -2.42. The number of aryl methyl sites for hydroxylation is 1. The molecule has 0 atom stereocenters. The lowest BCUT2D eigenvalue weighted by atomic mass is 9.93. The van der Waals surface area contributed by atoms with Gasteiger partial charge in [-0.05, 0) is 64.1 Å². The Kier molecular flexibility index (Phi) is 10.0. The number of carbonyl (C=O) groups excluding carboxylic acids is 1. The van der Waals surface area contributed by atoms with E-state index in [0.717, 1.165) is 101 Å². The van der Waals surface area contributed by atoms with Crippen molar-refractivity contribution in [1.82, 2.24) is 19.8 Å². The maximum atomic E-state index is 12.4. The molecule has 0 bridgehead atoms. The second-order valence-electron chi connectivity index (χ2n) is 11.9. The molecule has 4 N–H and O–H groups in total. The molecule has 0 unspecified atom stereocenters. The highest BCUT2D eigenvalue weighted by Crippen LogP contribution is 2.35. The second-order valence-corrected chi connectivity index (χ2v) is 11.9. The normalized spacial score (nSPS) is 22.6. The molecule has 1 aliphatic carbocycles. The van der Waals surface area contributed by atoms with Gasteiger partial charge in [0.2, 0.25) is 0 Å². The van der Waals surface area contributed by atoms with E-state index in [1.54, 1.807) is 14.2 Å². The molecule has 3 aliphatic rings. The average molecular weight is 581 g/mol. The van der Waals surface area contributed by atoms with Crippen molar-refractivity contribution in [3.05, 3.63) is 29.6 Å². The van der Waals surface area contributed by atoms with Crippen LogP contribution in [-0.2, 0) is 11.2 Å². The molecule has 0 radical (unpaired) electrons. The van der Waals surface area contributed by atoms with Gasteiger partial charge in [-0.3, -0.25) is 9.69 Å². The number of likely N-dealkylation sites (N-methyl/N-ethyl adjacent to an activating group) is 1. The standard InChI is InChI=1S/C31H48N8O3/c1-5-25-30(33-21-6-9-24(41-3)10-7-21)36-31(28(35-25)29(32)40)34-22-8-11-26(27(20-22)42-4)39-14-12-23(13-15-39)38-18-16-37(2)17-19-38/h8,11,20-21,23-24H,5-7,9-10,12-19H2,1-4H3,(H2,32,40)(H2,33,34,36). The summed E-state index contributed by atoms with van der Waals surface area (Å²) in [7, 11) is 5.68. The van der Waals surface area contributed by atoms with Crippen molar-refractivity contribution >= 4 is 28.9 Å². The Morgan fingerprint density at radius 1 is 0.976 bits per heavy atom. The van der Waals surface area contributed by atoms with E-state index in [-0.39, 0.29) is 11.7 Å². The molecule has 1 aromatic heterocycles. The number of aromatic nitrogens is 2. The Morgan fingerprint density at radius 2 is 1.69 bits per heavy atom. The van der Waals surface area contributed by atoms with Crippen molar-refractivity contribution in [3.8, 4) is 5.75 Å². The minimum absolute atomic E-state index is 0.134. The predicted octanol–water partition coefficient (Wildman–Crippen LogP) is 3.48. The number of hydrogen-bond donors (Lipinski definition) is 3. The number of piperazine rings is 1. The fraction of sp³-hybridized carbons (Fsp3) is 0.645. The molecular formula is C31H48N8O3. The number of nitrogens with two attached hydrogens (primary N) is 1. The van der Waals surface area contributed by atoms with Gasteiger partial charge in [-0.15, -0.1) is 0 Å². The van der Waals surface area contributed by atoms with Gasteiger partial charge in [0.1, 0.15) is 11.6 Å². The number of carbonyl (C=O) groups is 1. The van der Waals surface area contributed by atoms with Gasteiger partial charge in [0.25, 0.3) is 5.91 Å². The maximum Gasteiger partial charge on any atom is 0.271 e. The highest BCUT2D eigenvalue weighted by Gasteiger charge is 2.28. The fourth-order valence-corrected chi connectivity index (χ4v) is 6.54. The van der Waals surface area contributed by atoms with Crippen LogP contribution in [0.15, 0.2) is 18.2 Å². The van der Waals surface area contributed by atoms with Gasteiger partial charge in [-0.1, -0.05) is 6.92 Å². The summed E-state index contributed by atoms with van der Waals surface area (Å²) in [5.74, 6) is 1.21. The largest absolute Gasteiger partial charge is 0.495 e. The van der Waals surface area contributed by atoms with Gasteiger partial charge in [0, 0.05) is 70.2 Å². The molecule has 0 spiro atoms. The maximum absolute atomic E-state index is 12.4. The molecule has 2 saturated heterocycles. The molecule has 230 valence electrons. The zero-order valence-corrected chi connectivity index (χ0v) is 25.7. The molecular weight excluding hydrogens is 532 g/mol. The van der Waals surface area contributed by atoms with Crippen LogP contribution >= 0.6 is 0 Å². The molecule has 11 nitrogen and oxygen atoms in total. The number of methoxy groups -OCH3 is 2. The number of amides is 1. The molecule has 11 heteroatoms. The van der Waals surface area contributed by atoms with Gasteiger partial charge >= 0.3 is 0 Å². The van der Waals surface area contributed by atoms with E-state index < -0.39 is 5.91 Å². The van der Waals surface area contributed by atoms with Crippen molar-refractivity contribution in [3.63, 3.8) is 0 Å². The van der Waals surface area contributed by atoms with Gasteiger partial charge in [0.05, 0.1) is 24.6 Å². The SMILES string of the molecule is CCc1nc(C(N)=O)c(Nc2ccc(N3CCC(N4CCN(C)CC4)CC3)c(OC)c2)nc1NC1CCC(OC)CC1. The van der Waals surface area contributed by atoms with Crippen LogP contribution < -0.4 is 26.0 Å². The van der Waals surface area contributed by atoms with Crippen LogP contribution in [0, 0.1) is 0 Å². The third kappa shape index (κ3) is 7.07. The number of primary amides is 1. The molecule has 3 fully saturated rings. The van der Waals surface area contributed by atoms with Crippen LogP contribution in [0.2, 0.25) is 0 Å². The second kappa shape index (κ2) is 13.9. The Bertz CT molecular complexity index is 1200. The van der Waals surface area contributed by atoms with E-state index in [1.807, 2.05) is 19.1 Å². The third-order valence-electron chi connectivity index (χ3n) is 9.19. The topological polar surface area (TPSA) is 121 Å². The summed E-state index contributed by atoms with van der Waals surface area (Å²) in [4.78, 5) is 29.4. The lowest BCUT2D eigenvalue weighted by Crippen LogP contribution is -2.52. The van der Waals surface area contributed by atoms with Crippen molar-refractivity contribution in [1.29, 1.82) is 0 Å².